The van der Waals surface area contributed by atoms with Gasteiger partial charge in [0.15, 0.2) is 11.5 Å². The highest BCUT2D eigenvalue weighted by molar-refractivity contribution is 6.38. The molecule has 1 aliphatic heterocycles. The maximum absolute atomic E-state index is 6.30. The van der Waals surface area contributed by atoms with Gasteiger partial charge in [0.25, 0.3) is 0 Å². The highest BCUT2D eigenvalue weighted by Crippen LogP contribution is 2.32. The number of aromatic nitrogens is 6. The van der Waals surface area contributed by atoms with Crippen molar-refractivity contribution in [3.05, 3.63) is 40.4 Å². The summed E-state index contributed by atoms with van der Waals surface area (Å²) in [6.45, 7) is 1.82. The number of anilines is 2. The van der Waals surface area contributed by atoms with Gasteiger partial charge in [0.2, 0.25) is 5.95 Å². The number of hydrogen-bond acceptors (Lipinski definition) is 6. The van der Waals surface area contributed by atoms with Crippen molar-refractivity contribution in [1.82, 2.24) is 29.4 Å². The third-order valence-corrected chi connectivity index (χ3v) is 5.69. The zero-order chi connectivity index (χ0) is 19.4. The molecule has 0 aliphatic carbocycles. The van der Waals surface area contributed by atoms with Crippen LogP contribution in [0.3, 0.4) is 0 Å². The Morgan fingerprint density at radius 3 is 2.86 bits per heavy atom. The van der Waals surface area contributed by atoms with E-state index in [1.807, 2.05) is 24.1 Å². The summed E-state index contributed by atoms with van der Waals surface area (Å²) in [5.41, 5.74) is 8.45. The lowest BCUT2D eigenvalue weighted by Gasteiger charge is -2.32. The van der Waals surface area contributed by atoms with Crippen LogP contribution in [0.1, 0.15) is 24.6 Å². The van der Waals surface area contributed by atoms with Crippen molar-refractivity contribution in [2.24, 2.45) is 7.05 Å². The van der Waals surface area contributed by atoms with Gasteiger partial charge in [0, 0.05) is 42.7 Å². The Bertz CT molecular complexity index is 1200. The monoisotopic (exact) mass is 416 g/mol. The fourth-order valence-electron chi connectivity index (χ4n) is 3.84. The molecule has 0 saturated carbocycles. The van der Waals surface area contributed by atoms with Crippen molar-refractivity contribution in [3.63, 3.8) is 0 Å². The molecule has 144 valence electrons. The van der Waals surface area contributed by atoms with E-state index in [9.17, 15) is 0 Å². The topological polar surface area (TPSA) is 90.2 Å². The van der Waals surface area contributed by atoms with Crippen LogP contribution in [-0.2, 0) is 7.05 Å². The molecular formula is C18H18Cl2N8. The van der Waals surface area contributed by atoms with Gasteiger partial charge in [-0.25, -0.2) is 9.97 Å². The second-order valence-corrected chi connectivity index (χ2v) is 7.96. The molecule has 1 saturated heterocycles. The molecule has 4 aromatic rings. The lowest BCUT2D eigenvalue weighted by Crippen LogP contribution is -2.34. The molecule has 4 heterocycles. The van der Waals surface area contributed by atoms with E-state index in [0.717, 1.165) is 42.8 Å². The van der Waals surface area contributed by atoms with Crippen LogP contribution >= 0.6 is 23.2 Å². The number of fused-ring (bicyclic) bond motifs is 3. The number of piperidine rings is 1. The van der Waals surface area contributed by atoms with Gasteiger partial charge in [-0.1, -0.05) is 23.2 Å². The summed E-state index contributed by atoms with van der Waals surface area (Å²) < 4.78 is 3.39. The second-order valence-electron chi connectivity index (χ2n) is 7.12. The third-order valence-electron chi connectivity index (χ3n) is 5.18. The van der Waals surface area contributed by atoms with Crippen molar-refractivity contribution in [2.45, 2.75) is 18.8 Å². The zero-order valence-corrected chi connectivity index (χ0v) is 16.7. The van der Waals surface area contributed by atoms with Crippen LogP contribution in [0.5, 0.6) is 0 Å². The van der Waals surface area contributed by atoms with E-state index in [-0.39, 0.29) is 11.9 Å². The van der Waals surface area contributed by atoms with Gasteiger partial charge in [-0.05, 0) is 25.0 Å². The Balaban J connectivity index is 1.57. The van der Waals surface area contributed by atoms with Crippen LogP contribution in [0.15, 0.2) is 24.5 Å². The Labute approximate surface area is 170 Å². The van der Waals surface area contributed by atoms with Gasteiger partial charge >= 0.3 is 0 Å². The first-order valence-electron chi connectivity index (χ1n) is 9.04. The number of benzene rings is 1. The van der Waals surface area contributed by atoms with Gasteiger partial charge in [-0.3, -0.25) is 4.68 Å². The summed E-state index contributed by atoms with van der Waals surface area (Å²) in [6.07, 6.45) is 5.99. The fourth-order valence-corrected chi connectivity index (χ4v) is 4.38. The van der Waals surface area contributed by atoms with Gasteiger partial charge in [0.1, 0.15) is 0 Å². The predicted octanol–water partition coefficient (Wildman–Crippen LogP) is 3.28. The second kappa shape index (κ2) is 6.49. The lowest BCUT2D eigenvalue weighted by molar-refractivity contribution is 0.491. The molecule has 0 amide bonds. The molecule has 10 heteroatoms. The highest BCUT2D eigenvalue weighted by Gasteiger charge is 2.26. The summed E-state index contributed by atoms with van der Waals surface area (Å²) in [5, 5.41) is 10.7. The van der Waals surface area contributed by atoms with E-state index in [4.69, 9.17) is 33.9 Å². The van der Waals surface area contributed by atoms with Crippen LogP contribution in [-0.4, -0.2) is 42.5 Å². The minimum absolute atomic E-state index is 0.193. The van der Waals surface area contributed by atoms with Crippen molar-refractivity contribution in [3.8, 4) is 0 Å². The summed E-state index contributed by atoms with van der Waals surface area (Å²) in [6, 6.07) is 3.45. The number of rotatable bonds is 2. The quantitative estimate of drug-likeness (QED) is 0.539. The number of nitrogens with zero attached hydrogens (tertiary/aromatic N) is 7. The van der Waals surface area contributed by atoms with E-state index in [1.54, 1.807) is 16.6 Å². The minimum Gasteiger partial charge on any atom is -0.368 e. The molecular weight excluding hydrogens is 399 g/mol. The average Bonchev–Trinajstić information content (AvgIpc) is 3.30. The van der Waals surface area contributed by atoms with Gasteiger partial charge in [0.05, 0.1) is 22.4 Å². The molecule has 0 spiro atoms. The molecule has 2 N–H and O–H groups in total. The smallest absolute Gasteiger partial charge is 0.223 e. The first kappa shape index (κ1) is 17.5. The first-order valence-corrected chi connectivity index (χ1v) is 9.79. The van der Waals surface area contributed by atoms with Crippen molar-refractivity contribution in [2.75, 3.05) is 23.7 Å². The van der Waals surface area contributed by atoms with Crippen LogP contribution in [0.4, 0.5) is 11.6 Å². The van der Waals surface area contributed by atoms with Crippen LogP contribution in [0.25, 0.3) is 16.6 Å². The van der Waals surface area contributed by atoms with Crippen LogP contribution < -0.4 is 10.6 Å². The number of hydrogen-bond donors (Lipinski definition) is 1. The summed E-state index contributed by atoms with van der Waals surface area (Å²) in [5.74, 6) is 1.20. The van der Waals surface area contributed by atoms with Gasteiger partial charge in [-0.15, -0.1) is 5.10 Å². The molecule has 0 bridgehead atoms. The lowest BCUT2D eigenvalue weighted by atomic mass is 9.97. The molecule has 0 radical (unpaired) electrons. The predicted molar refractivity (Wildman–Crippen MR) is 110 cm³/mol. The van der Waals surface area contributed by atoms with Crippen LogP contribution in [0, 0.1) is 0 Å². The summed E-state index contributed by atoms with van der Waals surface area (Å²) >= 11 is 12.5. The Morgan fingerprint density at radius 1 is 1.21 bits per heavy atom. The van der Waals surface area contributed by atoms with Gasteiger partial charge < -0.3 is 10.6 Å². The van der Waals surface area contributed by atoms with Gasteiger partial charge in [-0.2, -0.15) is 9.61 Å². The summed E-state index contributed by atoms with van der Waals surface area (Å²) in [7, 11) is 1.92. The minimum atomic E-state index is 0.193. The van der Waals surface area contributed by atoms with Crippen molar-refractivity contribution < 1.29 is 0 Å². The number of nitrogens with two attached hydrogens (primary N) is 1. The van der Waals surface area contributed by atoms with E-state index < -0.39 is 0 Å². The molecule has 1 atom stereocenters. The van der Waals surface area contributed by atoms with E-state index in [1.165, 1.54) is 0 Å². The molecule has 0 unspecified atom stereocenters. The zero-order valence-electron chi connectivity index (χ0n) is 15.2. The van der Waals surface area contributed by atoms with E-state index in [2.05, 4.69) is 20.1 Å². The Hall–Kier alpha value is -2.58. The van der Waals surface area contributed by atoms with E-state index in [0.29, 0.717) is 21.2 Å². The molecule has 1 aromatic carbocycles. The maximum Gasteiger partial charge on any atom is 0.223 e. The average molecular weight is 417 g/mol. The highest BCUT2D eigenvalue weighted by atomic mass is 35.5. The molecule has 8 nitrogen and oxygen atoms in total. The van der Waals surface area contributed by atoms with Crippen LogP contribution in [0.2, 0.25) is 10.0 Å². The molecule has 5 rings (SSSR count). The first-order chi connectivity index (χ1) is 13.5. The maximum atomic E-state index is 6.30. The Morgan fingerprint density at radius 2 is 2.07 bits per heavy atom. The Kier molecular flexibility index (Phi) is 4.06. The fraction of sp³-hybridized carbons (Fsp3) is 0.333. The molecule has 3 aromatic heterocycles. The molecule has 1 aliphatic rings. The van der Waals surface area contributed by atoms with E-state index >= 15 is 0 Å². The number of nitrogen functional groups attached to an aromatic ring is 1. The van der Waals surface area contributed by atoms with Crippen molar-refractivity contribution >= 4 is 51.4 Å². The molecule has 1 fully saturated rings. The molecule has 28 heavy (non-hydrogen) atoms. The number of halogens is 2. The third kappa shape index (κ3) is 2.84. The van der Waals surface area contributed by atoms with Crippen molar-refractivity contribution in [1.29, 1.82) is 0 Å². The number of aryl methyl sites for hydroxylation is 1. The standard InChI is InChI=1S/C18H18Cl2N8/c1-26-9-12(7-22-26)27-4-2-3-10(8-27)16-24-17-13-5-11(19)6-14(20)15(13)23-18(21)28(17)25-16/h5-7,9-10H,2-4,8H2,1H3,(H2,21,23)/t10-/m1/s1. The SMILES string of the molecule is Cn1cc(N2CCC[C@@H](c3nc4c5cc(Cl)cc(Cl)c5nc(N)n4n3)C2)cn1. The summed E-state index contributed by atoms with van der Waals surface area (Å²) in [4.78, 5) is 11.5. The normalized spacial score (nSPS) is 17.7. The largest absolute Gasteiger partial charge is 0.368 e.